The summed E-state index contributed by atoms with van der Waals surface area (Å²) in [5.41, 5.74) is 4.38. The highest BCUT2D eigenvalue weighted by atomic mass is 16.5. The first-order chi connectivity index (χ1) is 14.0. The molecule has 0 saturated heterocycles. The molecule has 0 atom stereocenters. The topological polar surface area (TPSA) is 81.1 Å². The lowest BCUT2D eigenvalue weighted by Gasteiger charge is -2.13. The van der Waals surface area contributed by atoms with E-state index in [2.05, 4.69) is 20.7 Å². The Morgan fingerprint density at radius 2 is 1.83 bits per heavy atom. The van der Waals surface area contributed by atoms with Gasteiger partial charge in [0, 0.05) is 18.1 Å². The molecule has 0 spiro atoms. The second kappa shape index (κ2) is 7.63. The second-order valence-electron chi connectivity index (χ2n) is 6.66. The lowest BCUT2D eigenvalue weighted by molar-refractivity contribution is 0.102. The summed E-state index contributed by atoms with van der Waals surface area (Å²) in [6, 6.07) is 16.8. The second-order valence-corrected chi connectivity index (χ2v) is 6.66. The molecule has 29 heavy (non-hydrogen) atoms. The van der Waals surface area contributed by atoms with Gasteiger partial charge in [-0.3, -0.25) is 9.48 Å². The number of hydrogen-bond donors (Lipinski definition) is 2. The van der Waals surface area contributed by atoms with Crippen LogP contribution in [-0.2, 0) is 7.05 Å². The highest BCUT2D eigenvalue weighted by Crippen LogP contribution is 2.25. The number of para-hydroxylation sites is 1. The number of ether oxygens (including phenoxy) is 1. The molecule has 0 aliphatic carbocycles. The van der Waals surface area contributed by atoms with Crippen molar-refractivity contribution in [2.24, 2.45) is 7.05 Å². The molecule has 7 nitrogen and oxygen atoms in total. The van der Waals surface area contributed by atoms with Crippen molar-refractivity contribution in [3.63, 3.8) is 0 Å². The standard InChI is InChI=1S/C22H21N5O2/c1-14-19-12-16(13-23-21(19)27(2)26-14)25-22(28)18-6-4-5-7-20(18)24-15-8-10-17(29-3)11-9-15/h4-13,24H,1-3H3,(H,25,28). The summed E-state index contributed by atoms with van der Waals surface area (Å²) in [7, 11) is 3.48. The van der Waals surface area contributed by atoms with Crippen LogP contribution >= 0.6 is 0 Å². The molecule has 0 aliphatic rings. The summed E-state index contributed by atoms with van der Waals surface area (Å²) in [4.78, 5) is 17.3. The highest BCUT2D eigenvalue weighted by molar-refractivity contribution is 6.08. The van der Waals surface area contributed by atoms with Crippen LogP contribution in [0.5, 0.6) is 5.75 Å². The molecule has 0 radical (unpaired) electrons. The van der Waals surface area contributed by atoms with Crippen LogP contribution in [0.4, 0.5) is 17.1 Å². The smallest absolute Gasteiger partial charge is 0.257 e. The van der Waals surface area contributed by atoms with E-state index in [4.69, 9.17) is 4.74 Å². The number of aromatic nitrogens is 3. The van der Waals surface area contributed by atoms with E-state index >= 15 is 0 Å². The third kappa shape index (κ3) is 3.75. The Morgan fingerprint density at radius 1 is 1.07 bits per heavy atom. The number of pyridine rings is 1. The van der Waals surface area contributed by atoms with Crippen LogP contribution in [-0.4, -0.2) is 27.8 Å². The van der Waals surface area contributed by atoms with Crippen LogP contribution in [0.25, 0.3) is 11.0 Å². The molecular weight excluding hydrogens is 366 g/mol. The quantitative estimate of drug-likeness (QED) is 0.534. The van der Waals surface area contributed by atoms with Gasteiger partial charge in [-0.2, -0.15) is 5.10 Å². The lowest BCUT2D eigenvalue weighted by Crippen LogP contribution is -2.14. The number of carbonyl (C=O) groups is 1. The van der Waals surface area contributed by atoms with E-state index in [1.807, 2.05) is 62.5 Å². The van der Waals surface area contributed by atoms with Crippen molar-refractivity contribution < 1.29 is 9.53 Å². The molecule has 4 rings (SSSR count). The van der Waals surface area contributed by atoms with Gasteiger partial charge < -0.3 is 15.4 Å². The fourth-order valence-electron chi connectivity index (χ4n) is 3.19. The van der Waals surface area contributed by atoms with Crippen molar-refractivity contribution in [2.45, 2.75) is 6.92 Å². The molecule has 0 aliphatic heterocycles. The van der Waals surface area contributed by atoms with Crippen molar-refractivity contribution in [3.8, 4) is 5.75 Å². The zero-order valence-electron chi connectivity index (χ0n) is 16.4. The molecule has 2 N–H and O–H groups in total. The molecular formula is C22H21N5O2. The van der Waals surface area contributed by atoms with Crippen molar-refractivity contribution in [1.29, 1.82) is 0 Å². The van der Waals surface area contributed by atoms with Crippen LogP contribution in [0, 0.1) is 6.92 Å². The van der Waals surface area contributed by atoms with Gasteiger partial charge in [-0.05, 0) is 49.4 Å². The van der Waals surface area contributed by atoms with Crippen molar-refractivity contribution in [2.75, 3.05) is 17.7 Å². The average molecular weight is 387 g/mol. The van der Waals surface area contributed by atoms with Gasteiger partial charge in [-0.25, -0.2) is 4.98 Å². The third-order valence-electron chi connectivity index (χ3n) is 4.66. The Labute approximate surface area is 168 Å². The lowest BCUT2D eigenvalue weighted by atomic mass is 10.1. The predicted molar refractivity (Wildman–Crippen MR) is 114 cm³/mol. The Kier molecular flexibility index (Phi) is 4.87. The van der Waals surface area contributed by atoms with Gasteiger partial charge in [0.15, 0.2) is 5.65 Å². The van der Waals surface area contributed by atoms with Gasteiger partial charge in [-0.1, -0.05) is 12.1 Å². The molecule has 2 aromatic heterocycles. The number of amides is 1. The van der Waals surface area contributed by atoms with Crippen molar-refractivity contribution in [1.82, 2.24) is 14.8 Å². The third-order valence-corrected chi connectivity index (χ3v) is 4.66. The van der Waals surface area contributed by atoms with Gasteiger partial charge in [0.05, 0.1) is 35.9 Å². The van der Waals surface area contributed by atoms with Gasteiger partial charge in [0.25, 0.3) is 5.91 Å². The zero-order chi connectivity index (χ0) is 20.4. The van der Waals surface area contributed by atoms with E-state index in [0.29, 0.717) is 16.9 Å². The molecule has 2 heterocycles. The summed E-state index contributed by atoms with van der Waals surface area (Å²) >= 11 is 0. The van der Waals surface area contributed by atoms with Crippen LogP contribution in [0.15, 0.2) is 60.8 Å². The number of benzene rings is 2. The van der Waals surface area contributed by atoms with Gasteiger partial charge in [0.2, 0.25) is 0 Å². The summed E-state index contributed by atoms with van der Waals surface area (Å²) in [5.74, 6) is 0.555. The summed E-state index contributed by atoms with van der Waals surface area (Å²) in [6.45, 7) is 1.92. The molecule has 4 aromatic rings. The van der Waals surface area contributed by atoms with E-state index in [-0.39, 0.29) is 5.91 Å². The van der Waals surface area contributed by atoms with Gasteiger partial charge in [-0.15, -0.1) is 0 Å². The van der Waals surface area contributed by atoms with Crippen molar-refractivity contribution in [3.05, 3.63) is 72.1 Å². The number of anilines is 3. The Balaban J connectivity index is 1.58. The summed E-state index contributed by atoms with van der Waals surface area (Å²) in [5, 5.41) is 11.5. The van der Waals surface area contributed by atoms with Crippen LogP contribution in [0.3, 0.4) is 0 Å². The molecule has 146 valence electrons. The Bertz CT molecular complexity index is 1180. The number of methoxy groups -OCH3 is 1. The SMILES string of the molecule is COc1ccc(Nc2ccccc2C(=O)Nc2cnc3c(c2)c(C)nn3C)cc1. The molecule has 0 bridgehead atoms. The number of nitrogens with zero attached hydrogens (tertiary/aromatic N) is 3. The molecule has 0 saturated carbocycles. The number of fused-ring (bicyclic) bond motifs is 1. The highest BCUT2D eigenvalue weighted by Gasteiger charge is 2.13. The minimum atomic E-state index is -0.218. The summed E-state index contributed by atoms with van der Waals surface area (Å²) in [6.07, 6.45) is 1.64. The van der Waals surface area contributed by atoms with E-state index in [1.165, 1.54) is 0 Å². The Morgan fingerprint density at radius 3 is 2.59 bits per heavy atom. The van der Waals surface area contributed by atoms with E-state index in [0.717, 1.165) is 28.2 Å². The molecule has 0 fully saturated rings. The zero-order valence-corrected chi connectivity index (χ0v) is 16.4. The largest absolute Gasteiger partial charge is 0.497 e. The molecule has 2 aromatic carbocycles. The first-order valence-electron chi connectivity index (χ1n) is 9.16. The predicted octanol–water partition coefficient (Wildman–Crippen LogP) is 4.28. The fraction of sp³-hybridized carbons (Fsp3) is 0.136. The minimum Gasteiger partial charge on any atom is -0.497 e. The maximum Gasteiger partial charge on any atom is 0.257 e. The summed E-state index contributed by atoms with van der Waals surface area (Å²) < 4.78 is 6.91. The van der Waals surface area contributed by atoms with Crippen LogP contribution in [0.2, 0.25) is 0 Å². The number of nitrogens with one attached hydrogen (secondary N) is 2. The van der Waals surface area contributed by atoms with Gasteiger partial charge >= 0.3 is 0 Å². The van der Waals surface area contributed by atoms with Crippen LogP contribution in [0.1, 0.15) is 16.1 Å². The first kappa shape index (κ1) is 18.5. The molecule has 0 unspecified atom stereocenters. The van der Waals surface area contributed by atoms with E-state index in [9.17, 15) is 4.79 Å². The van der Waals surface area contributed by atoms with E-state index < -0.39 is 0 Å². The number of carbonyl (C=O) groups excluding carboxylic acids is 1. The maximum atomic E-state index is 12.9. The first-order valence-corrected chi connectivity index (χ1v) is 9.16. The minimum absolute atomic E-state index is 0.218. The van der Waals surface area contributed by atoms with Crippen LogP contribution < -0.4 is 15.4 Å². The van der Waals surface area contributed by atoms with Gasteiger partial charge in [0.1, 0.15) is 5.75 Å². The molecule has 1 amide bonds. The molecule has 7 heteroatoms. The normalized spacial score (nSPS) is 10.7. The number of hydrogen-bond acceptors (Lipinski definition) is 5. The monoisotopic (exact) mass is 387 g/mol. The average Bonchev–Trinajstić information content (AvgIpc) is 3.02. The van der Waals surface area contributed by atoms with E-state index in [1.54, 1.807) is 24.1 Å². The fourth-order valence-corrected chi connectivity index (χ4v) is 3.19. The number of rotatable bonds is 5. The number of aryl methyl sites for hydroxylation is 2. The van der Waals surface area contributed by atoms with Crippen molar-refractivity contribution >= 4 is 34.0 Å². The Hall–Kier alpha value is -3.87. The maximum absolute atomic E-state index is 12.9.